The van der Waals surface area contributed by atoms with Crippen molar-refractivity contribution in [2.45, 2.75) is 31.2 Å². The van der Waals surface area contributed by atoms with Crippen LogP contribution in [-0.2, 0) is 10.3 Å². The molecule has 0 radical (unpaired) electrons. The molecule has 3 heterocycles. The highest BCUT2D eigenvalue weighted by Crippen LogP contribution is 2.43. The number of thiophene rings is 1. The minimum Gasteiger partial charge on any atom is -0.452 e. The highest BCUT2D eigenvalue weighted by molar-refractivity contribution is 7.10. The van der Waals surface area contributed by atoms with E-state index in [1.54, 1.807) is 30.6 Å². The van der Waals surface area contributed by atoms with Crippen LogP contribution in [0.3, 0.4) is 0 Å². The zero-order valence-corrected chi connectivity index (χ0v) is 13.9. The molecule has 25 heavy (non-hydrogen) atoms. The van der Waals surface area contributed by atoms with Crippen molar-refractivity contribution in [3.8, 4) is 11.1 Å². The van der Waals surface area contributed by atoms with Gasteiger partial charge in [-0.2, -0.15) is 13.2 Å². The summed E-state index contributed by atoms with van der Waals surface area (Å²) in [4.78, 5) is 12.1. The summed E-state index contributed by atoms with van der Waals surface area (Å²) in [6, 6.07) is 2.96. The summed E-state index contributed by atoms with van der Waals surface area (Å²) in [5, 5.41) is 1.80. The van der Waals surface area contributed by atoms with Crippen molar-refractivity contribution in [3.05, 3.63) is 46.2 Å². The third kappa shape index (κ3) is 3.44. The van der Waals surface area contributed by atoms with Crippen LogP contribution in [-0.4, -0.2) is 23.3 Å². The molecule has 0 aromatic carbocycles. The Bertz CT molecular complexity index is 871. The van der Waals surface area contributed by atoms with Gasteiger partial charge in [0.15, 0.2) is 6.10 Å². The Morgan fingerprint density at radius 3 is 2.80 bits per heavy atom. The zero-order chi connectivity index (χ0) is 18.2. The molecule has 5 nitrogen and oxygen atoms in total. The normalized spacial score (nSPS) is 23.5. The van der Waals surface area contributed by atoms with E-state index in [0.29, 0.717) is 10.6 Å². The number of halogens is 3. The summed E-state index contributed by atoms with van der Waals surface area (Å²) in [5.41, 5.74) is 6.23. The van der Waals surface area contributed by atoms with Crippen LogP contribution in [0.15, 0.2) is 34.9 Å². The Balaban J connectivity index is 1.95. The van der Waals surface area contributed by atoms with Gasteiger partial charge in [-0.1, -0.05) is 0 Å². The average Bonchev–Trinajstić information content (AvgIpc) is 3.04. The monoisotopic (exact) mass is 366 g/mol. The van der Waals surface area contributed by atoms with E-state index < -0.39 is 23.8 Å². The molecule has 2 aromatic heterocycles. The maximum Gasteiger partial charge on any atom is 0.425 e. The number of alkyl halides is 3. The average molecular weight is 366 g/mol. The molecular formula is C16H13F3N4OS. The number of aliphatic imine (C=N–C) groups is 1. The Kier molecular flexibility index (Phi) is 4.16. The minimum atomic E-state index is -4.52. The van der Waals surface area contributed by atoms with Gasteiger partial charge in [0, 0.05) is 23.7 Å². The third-order valence-corrected chi connectivity index (χ3v) is 5.07. The van der Waals surface area contributed by atoms with Crippen LogP contribution in [0.5, 0.6) is 0 Å². The topological polar surface area (TPSA) is 64.9 Å². The van der Waals surface area contributed by atoms with E-state index in [1.165, 1.54) is 17.5 Å². The van der Waals surface area contributed by atoms with Crippen molar-refractivity contribution >= 4 is 23.0 Å². The fourth-order valence-corrected chi connectivity index (χ4v) is 3.65. The quantitative estimate of drug-likeness (QED) is 0.809. The molecule has 0 aliphatic carbocycles. The molecule has 0 saturated carbocycles. The van der Waals surface area contributed by atoms with Crippen LogP contribution in [0.25, 0.3) is 16.0 Å². The number of nitrogens with zero attached hydrogens (tertiary/aromatic N) is 3. The summed E-state index contributed by atoms with van der Waals surface area (Å²) in [5.74, 6) is 0. The van der Waals surface area contributed by atoms with Gasteiger partial charge in [0.1, 0.15) is 5.54 Å². The Labute approximate surface area is 145 Å². The predicted molar refractivity (Wildman–Crippen MR) is 88.3 cm³/mol. The van der Waals surface area contributed by atoms with Gasteiger partial charge in [0.2, 0.25) is 5.69 Å². The molecular weight excluding hydrogens is 353 g/mol. The van der Waals surface area contributed by atoms with Gasteiger partial charge in [-0.15, -0.1) is 11.3 Å². The van der Waals surface area contributed by atoms with Gasteiger partial charge in [0.05, 0.1) is 6.57 Å². The first kappa shape index (κ1) is 17.2. The molecule has 130 valence electrons. The number of hydrogen-bond acceptors (Lipinski definition) is 5. The first-order valence-electron chi connectivity index (χ1n) is 7.22. The number of amidine groups is 1. The van der Waals surface area contributed by atoms with Gasteiger partial charge in [-0.05, 0) is 35.6 Å². The largest absolute Gasteiger partial charge is 0.452 e. The number of ether oxygens (including phenoxy) is 1. The number of rotatable bonds is 2. The SMILES string of the molecule is [C-]#[N+]c1cncc(-c2csc([C@]3(C)C[C@@H](C(F)(F)F)OC(N)=N3)c2)c1. The van der Waals surface area contributed by atoms with E-state index in [4.69, 9.17) is 12.3 Å². The second kappa shape index (κ2) is 6.04. The van der Waals surface area contributed by atoms with Crippen LogP contribution in [0.4, 0.5) is 18.9 Å². The fraction of sp³-hybridized carbons (Fsp3) is 0.312. The molecule has 0 spiro atoms. The van der Waals surface area contributed by atoms with Crippen molar-refractivity contribution in [2.24, 2.45) is 10.7 Å². The molecule has 2 aromatic rings. The molecule has 1 aliphatic rings. The molecule has 0 saturated heterocycles. The predicted octanol–water partition coefficient (Wildman–Crippen LogP) is 4.24. The van der Waals surface area contributed by atoms with E-state index in [2.05, 4.69) is 19.6 Å². The van der Waals surface area contributed by atoms with E-state index in [-0.39, 0.29) is 6.42 Å². The summed E-state index contributed by atoms with van der Waals surface area (Å²) in [6.45, 7) is 8.64. The lowest BCUT2D eigenvalue weighted by Crippen LogP contribution is -2.45. The number of hydrogen-bond donors (Lipinski definition) is 1. The van der Waals surface area contributed by atoms with Crippen molar-refractivity contribution < 1.29 is 17.9 Å². The van der Waals surface area contributed by atoms with Gasteiger partial charge in [-0.25, -0.2) is 9.84 Å². The summed E-state index contributed by atoms with van der Waals surface area (Å²) < 4.78 is 43.8. The van der Waals surface area contributed by atoms with Gasteiger partial charge in [-0.3, -0.25) is 4.98 Å². The number of nitrogens with two attached hydrogens (primary N) is 1. The Hall–Kier alpha value is -2.60. The molecule has 2 atom stereocenters. The van der Waals surface area contributed by atoms with Crippen LogP contribution in [0.2, 0.25) is 0 Å². The van der Waals surface area contributed by atoms with Crippen LogP contribution in [0, 0.1) is 6.57 Å². The minimum absolute atomic E-state index is 0.350. The smallest absolute Gasteiger partial charge is 0.425 e. The van der Waals surface area contributed by atoms with Crippen molar-refractivity contribution in [1.29, 1.82) is 0 Å². The number of aromatic nitrogens is 1. The van der Waals surface area contributed by atoms with Crippen molar-refractivity contribution in [1.82, 2.24) is 4.98 Å². The van der Waals surface area contributed by atoms with E-state index in [0.717, 1.165) is 11.1 Å². The molecule has 0 unspecified atom stereocenters. The third-order valence-electron chi connectivity index (χ3n) is 3.88. The van der Waals surface area contributed by atoms with E-state index in [9.17, 15) is 13.2 Å². The molecule has 0 bridgehead atoms. The standard InChI is InChI=1S/C16H13F3N4OS/c1-15(5-12(16(17,18)19)24-14(20)23-15)13-4-10(8-25-13)9-3-11(21-2)7-22-6-9/h3-4,6-8,12H,5H2,1H3,(H2,20,23)/t12-,15-/m0/s1. The van der Waals surface area contributed by atoms with Gasteiger partial charge < -0.3 is 10.5 Å². The maximum absolute atomic E-state index is 13.1. The first-order chi connectivity index (χ1) is 11.7. The molecule has 0 amide bonds. The van der Waals surface area contributed by atoms with E-state index in [1.807, 2.05) is 0 Å². The summed E-state index contributed by atoms with van der Waals surface area (Å²) in [7, 11) is 0. The molecule has 9 heteroatoms. The fourth-order valence-electron chi connectivity index (χ4n) is 2.62. The first-order valence-corrected chi connectivity index (χ1v) is 8.10. The number of pyridine rings is 1. The molecule has 3 rings (SSSR count). The second-order valence-electron chi connectivity index (χ2n) is 5.82. The maximum atomic E-state index is 13.1. The lowest BCUT2D eigenvalue weighted by atomic mass is 9.91. The molecule has 1 aliphatic heterocycles. The van der Waals surface area contributed by atoms with Gasteiger partial charge >= 0.3 is 6.18 Å². The molecule has 2 N–H and O–H groups in total. The second-order valence-corrected chi connectivity index (χ2v) is 6.73. The lowest BCUT2D eigenvalue weighted by Gasteiger charge is -2.34. The van der Waals surface area contributed by atoms with Crippen LogP contribution in [0.1, 0.15) is 18.2 Å². The van der Waals surface area contributed by atoms with Crippen LogP contribution >= 0.6 is 11.3 Å². The summed E-state index contributed by atoms with van der Waals surface area (Å²) >= 11 is 1.29. The van der Waals surface area contributed by atoms with Gasteiger partial charge in [0.25, 0.3) is 6.02 Å². The zero-order valence-electron chi connectivity index (χ0n) is 13.0. The van der Waals surface area contributed by atoms with Crippen LogP contribution < -0.4 is 5.73 Å². The Morgan fingerprint density at radius 2 is 2.12 bits per heavy atom. The molecule has 0 fully saturated rings. The highest BCUT2D eigenvalue weighted by atomic mass is 32.1. The lowest BCUT2D eigenvalue weighted by molar-refractivity contribution is -0.208. The summed E-state index contributed by atoms with van der Waals surface area (Å²) in [6.07, 6.45) is -3.81. The van der Waals surface area contributed by atoms with Crippen molar-refractivity contribution in [3.63, 3.8) is 0 Å². The van der Waals surface area contributed by atoms with E-state index >= 15 is 0 Å². The Morgan fingerprint density at radius 1 is 1.36 bits per heavy atom. The van der Waals surface area contributed by atoms with Crippen molar-refractivity contribution in [2.75, 3.05) is 0 Å². The highest BCUT2D eigenvalue weighted by Gasteiger charge is 2.49.